The smallest absolute Gasteiger partial charge is 0.306 e. The first kappa shape index (κ1) is 14.1. The van der Waals surface area contributed by atoms with Crippen molar-refractivity contribution >= 4 is 5.97 Å². The molecule has 1 aromatic carbocycles. The fraction of sp³-hybridized carbons (Fsp3) is 0.385. The first-order chi connectivity index (χ1) is 9.56. The zero-order valence-electron chi connectivity index (χ0n) is 11.0. The van der Waals surface area contributed by atoms with E-state index in [-0.39, 0.29) is 5.82 Å². The minimum absolute atomic E-state index is 0.288. The number of aromatic nitrogens is 4. The number of carbonyl (C=O) groups is 1. The van der Waals surface area contributed by atoms with Crippen LogP contribution in [0.25, 0.3) is 0 Å². The van der Waals surface area contributed by atoms with Crippen LogP contribution in [-0.2, 0) is 17.8 Å². The zero-order chi connectivity index (χ0) is 14.5. The molecule has 7 heteroatoms. The van der Waals surface area contributed by atoms with E-state index < -0.39 is 11.9 Å². The Hall–Kier alpha value is -2.31. The first-order valence-corrected chi connectivity index (χ1v) is 6.28. The van der Waals surface area contributed by atoms with Crippen molar-refractivity contribution in [2.75, 3.05) is 0 Å². The summed E-state index contributed by atoms with van der Waals surface area (Å²) in [5, 5.41) is 20.2. The molecule has 0 bridgehead atoms. The van der Waals surface area contributed by atoms with Gasteiger partial charge in [0.1, 0.15) is 5.82 Å². The largest absolute Gasteiger partial charge is 0.481 e. The van der Waals surface area contributed by atoms with Crippen molar-refractivity contribution < 1.29 is 14.3 Å². The van der Waals surface area contributed by atoms with Crippen LogP contribution in [0, 0.1) is 11.7 Å². The van der Waals surface area contributed by atoms with Gasteiger partial charge in [-0.25, -0.2) is 9.07 Å². The zero-order valence-corrected chi connectivity index (χ0v) is 11.0. The highest BCUT2D eigenvalue weighted by molar-refractivity contribution is 5.69. The third kappa shape index (κ3) is 3.59. The maximum Gasteiger partial charge on any atom is 0.306 e. The fourth-order valence-electron chi connectivity index (χ4n) is 1.75. The van der Waals surface area contributed by atoms with Crippen molar-refractivity contribution in [2.45, 2.75) is 26.3 Å². The second-order valence-corrected chi connectivity index (χ2v) is 4.65. The number of benzene rings is 1. The van der Waals surface area contributed by atoms with Gasteiger partial charge in [0.15, 0.2) is 5.82 Å². The summed E-state index contributed by atoms with van der Waals surface area (Å²) in [6.07, 6.45) is 0.936. The minimum atomic E-state index is -0.835. The van der Waals surface area contributed by atoms with E-state index in [2.05, 4.69) is 15.5 Å². The van der Waals surface area contributed by atoms with Crippen LogP contribution in [0.2, 0.25) is 0 Å². The molecule has 0 aliphatic heterocycles. The van der Waals surface area contributed by atoms with Crippen LogP contribution >= 0.6 is 0 Å². The Morgan fingerprint density at radius 2 is 2.10 bits per heavy atom. The molecular weight excluding hydrogens is 263 g/mol. The minimum Gasteiger partial charge on any atom is -0.481 e. The fourth-order valence-corrected chi connectivity index (χ4v) is 1.75. The number of hydrogen-bond acceptors (Lipinski definition) is 4. The molecule has 0 saturated carbocycles. The molecule has 2 rings (SSSR count). The Labute approximate surface area is 115 Å². The van der Waals surface area contributed by atoms with Crippen molar-refractivity contribution in [1.29, 1.82) is 0 Å². The molecule has 0 spiro atoms. The number of rotatable bonds is 6. The van der Waals surface area contributed by atoms with Crippen LogP contribution in [0.3, 0.4) is 0 Å². The van der Waals surface area contributed by atoms with Gasteiger partial charge in [-0.2, -0.15) is 0 Å². The van der Waals surface area contributed by atoms with Crippen LogP contribution in [0.15, 0.2) is 24.3 Å². The third-order valence-electron chi connectivity index (χ3n) is 3.08. The molecule has 0 saturated heterocycles. The van der Waals surface area contributed by atoms with Gasteiger partial charge in [0, 0.05) is 13.0 Å². The van der Waals surface area contributed by atoms with E-state index in [1.807, 2.05) is 0 Å². The highest BCUT2D eigenvalue weighted by Gasteiger charge is 2.13. The molecule has 1 aromatic heterocycles. The van der Waals surface area contributed by atoms with Crippen LogP contribution in [-0.4, -0.2) is 31.3 Å². The summed E-state index contributed by atoms with van der Waals surface area (Å²) in [5.41, 5.74) is 0.897. The Balaban J connectivity index is 2.01. The van der Waals surface area contributed by atoms with Crippen molar-refractivity contribution in [3.05, 3.63) is 41.5 Å². The number of aryl methyl sites for hydroxylation is 1. The summed E-state index contributed by atoms with van der Waals surface area (Å²) in [6, 6.07) is 6.12. The molecule has 6 nitrogen and oxygen atoms in total. The molecular formula is C13H15FN4O2. The van der Waals surface area contributed by atoms with Crippen molar-refractivity contribution in [3.8, 4) is 0 Å². The van der Waals surface area contributed by atoms with Crippen molar-refractivity contribution in [2.24, 2.45) is 5.92 Å². The van der Waals surface area contributed by atoms with E-state index in [1.165, 1.54) is 12.1 Å². The van der Waals surface area contributed by atoms with Crippen LogP contribution in [0.5, 0.6) is 0 Å². The third-order valence-corrected chi connectivity index (χ3v) is 3.08. The first-order valence-electron chi connectivity index (χ1n) is 6.28. The summed E-state index contributed by atoms with van der Waals surface area (Å²) in [6.45, 7) is 2.09. The summed E-state index contributed by atoms with van der Waals surface area (Å²) in [7, 11) is 0. The molecule has 0 amide bonds. The van der Waals surface area contributed by atoms with Gasteiger partial charge in [-0.3, -0.25) is 4.79 Å². The second-order valence-electron chi connectivity index (χ2n) is 4.65. The molecule has 0 fully saturated rings. The predicted octanol–water partition coefficient (Wildman–Crippen LogP) is 1.51. The van der Waals surface area contributed by atoms with Gasteiger partial charge in [0.05, 0.1) is 5.92 Å². The van der Waals surface area contributed by atoms with Crippen LogP contribution in [0.4, 0.5) is 4.39 Å². The number of hydrogen-bond donors (Lipinski definition) is 1. The van der Waals surface area contributed by atoms with Gasteiger partial charge < -0.3 is 5.11 Å². The molecule has 1 heterocycles. The monoisotopic (exact) mass is 278 g/mol. The molecule has 1 N–H and O–H groups in total. The lowest BCUT2D eigenvalue weighted by Gasteiger charge is -2.07. The number of halogens is 1. The van der Waals surface area contributed by atoms with Crippen molar-refractivity contribution in [1.82, 2.24) is 20.2 Å². The molecule has 2 aromatic rings. The van der Waals surface area contributed by atoms with Gasteiger partial charge in [-0.05, 0) is 34.5 Å². The van der Waals surface area contributed by atoms with Gasteiger partial charge in [-0.1, -0.05) is 19.1 Å². The van der Waals surface area contributed by atoms with Crippen LogP contribution < -0.4 is 0 Å². The lowest BCUT2D eigenvalue weighted by atomic mass is 10.1. The van der Waals surface area contributed by atoms with Gasteiger partial charge >= 0.3 is 5.97 Å². The van der Waals surface area contributed by atoms with E-state index in [0.29, 0.717) is 25.2 Å². The average Bonchev–Trinajstić information content (AvgIpc) is 2.86. The standard InChI is InChI=1S/C13H15FN4O2/c1-9(13(19)20)6-7-18-12(15-16-17-18)8-10-2-4-11(14)5-3-10/h2-5,9H,6-8H2,1H3,(H,19,20). The molecule has 0 radical (unpaired) electrons. The number of carboxylic acids is 1. The lowest BCUT2D eigenvalue weighted by molar-refractivity contribution is -0.141. The van der Waals surface area contributed by atoms with E-state index in [9.17, 15) is 9.18 Å². The van der Waals surface area contributed by atoms with Gasteiger partial charge in [0.25, 0.3) is 0 Å². The lowest BCUT2D eigenvalue weighted by Crippen LogP contribution is -2.15. The highest BCUT2D eigenvalue weighted by atomic mass is 19.1. The Kier molecular flexibility index (Phi) is 4.39. The normalized spacial score (nSPS) is 12.3. The quantitative estimate of drug-likeness (QED) is 0.866. The molecule has 106 valence electrons. The maximum absolute atomic E-state index is 12.8. The Morgan fingerprint density at radius 3 is 2.75 bits per heavy atom. The highest BCUT2D eigenvalue weighted by Crippen LogP contribution is 2.10. The van der Waals surface area contributed by atoms with E-state index in [4.69, 9.17) is 5.11 Å². The molecule has 0 aliphatic rings. The predicted molar refractivity (Wildman–Crippen MR) is 68.4 cm³/mol. The second kappa shape index (κ2) is 6.23. The van der Waals surface area contributed by atoms with E-state index in [0.717, 1.165) is 5.56 Å². The van der Waals surface area contributed by atoms with Crippen molar-refractivity contribution in [3.63, 3.8) is 0 Å². The summed E-state index contributed by atoms with van der Waals surface area (Å²) < 4.78 is 14.4. The number of nitrogens with zero attached hydrogens (tertiary/aromatic N) is 4. The summed E-state index contributed by atoms with van der Waals surface area (Å²) >= 11 is 0. The Morgan fingerprint density at radius 1 is 1.40 bits per heavy atom. The number of tetrazole rings is 1. The number of carboxylic acid groups (broad SMARTS) is 1. The molecule has 20 heavy (non-hydrogen) atoms. The molecule has 1 atom stereocenters. The topological polar surface area (TPSA) is 80.9 Å². The summed E-state index contributed by atoms with van der Waals surface area (Å²) in [5.74, 6) is -0.936. The van der Waals surface area contributed by atoms with Gasteiger partial charge in [0.2, 0.25) is 0 Å². The Bertz CT molecular complexity index is 582. The molecule has 1 unspecified atom stereocenters. The maximum atomic E-state index is 12.8. The summed E-state index contributed by atoms with van der Waals surface area (Å²) in [4.78, 5) is 10.8. The van der Waals surface area contributed by atoms with E-state index >= 15 is 0 Å². The molecule has 0 aliphatic carbocycles. The van der Waals surface area contributed by atoms with Crippen LogP contribution in [0.1, 0.15) is 24.7 Å². The number of aliphatic carboxylic acids is 1. The SMILES string of the molecule is CC(CCn1nnnc1Cc1ccc(F)cc1)C(=O)O. The van der Waals surface area contributed by atoms with Gasteiger partial charge in [-0.15, -0.1) is 5.10 Å². The average molecular weight is 278 g/mol. The van der Waals surface area contributed by atoms with E-state index in [1.54, 1.807) is 23.7 Å².